The van der Waals surface area contributed by atoms with Gasteiger partial charge in [-0.3, -0.25) is 4.72 Å². The van der Waals surface area contributed by atoms with E-state index in [1.807, 2.05) is 26.0 Å². The van der Waals surface area contributed by atoms with Gasteiger partial charge in [0, 0.05) is 13.1 Å². The molecule has 0 radical (unpaired) electrons. The Hall–Kier alpha value is -2.61. The van der Waals surface area contributed by atoms with Crippen LogP contribution in [0.15, 0.2) is 47.5 Å². The maximum absolute atomic E-state index is 13.2. The van der Waals surface area contributed by atoms with E-state index in [0.717, 1.165) is 29.4 Å². The molecule has 0 fully saturated rings. The number of hydrogen-bond acceptors (Lipinski definition) is 3. The first-order valence-electron chi connectivity index (χ1n) is 9.11. The van der Waals surface area contributed by atoms with Crippen LogP contribution in [0.2, 0.25) is 0 Å². The van der Waals surface area contributed by atoms with E-state index in [9.17, 15) is 12.8 Å². The van der Waals surface area contributed by atoms with Crippen LogP contribution in [0.3, 0.4) is 0 Å². The van der Waals surface area contributed by atoms with Crippen LogP contribution in [0, 0.1) is 12.7 Å². The lowest BCUT2D eigenvalue weighted by Crippen LogP contribution is -2.38. The Bertz CT molecular complexity index is 930. The molecule has 3 N–H and O–H groups in total. The van der Waals surface area contributed by atoms with Crippen LogP contribution >= 0.6 is 0 Å². The van der Waals surface area contributed by atoms with Gasteiger partial charge in [0.15, 0.2) is 5.96 Å². The number of aryl methyl sites for hydroxylation is 1. The first-order chi connectivity index (χ1) is 13.3. The summed E-state index contributed by atoms with van der Waals surface area (Å²) in [5.74, 6) is 0.405. The molecule has 6 nitrogen and oxygen atoms in total. The van der Waals surface area contributed by atoms with Gasteiger partial charge < -0.3 is 10.6 Å². The third-order valence-electron chi connectivity index (χ3n) is 4.06. The lowest BCUT2D eigenvalue weighted by molar-refractivity contribution is 0.606. The fourth-order valence-electron chi connectivity index (χ4n) is 2.72. The molecule has 0 bridgehead atoms. The number of hydrogen-bond donors (Lipinski definition) is 3. The molecule has 0 unspecified atom stereocenters. The Morgan fingerprint density at radius 3 is 2.54 bits per heavy atom. The number of aliphatic imine (C=N–C) groups is 1. The van der Waals surface area contributed by atoms with Gasteiger partial charge in [0.05, 0.1) is 18.5 Å². The molecule has 0 spiro atoms. The van der Waals surface area contributed by atoms with E-state index in [4.69, 9.17) is 0 Å². The molecular formula is C20H27FN4O2S. The van der Waals surface area contributed by atoms with E-state index in [2.05, 4.69) is 20.3 Å². The highest BCUT2D eigenvalue weighted by Crippen LogP contribution is 2.17. The minimum absolute atomic E-state index is 0.231. The summed E-state index contributed by atoms with van der Waals surface area (Å²) >= 11 is 0. The van der Waals surface area contributed by atoms with Crippen LogP contribution in [0.4, 0.5) is 10.1 Å². The molecule has 0 aliphatic rings. The highest BCUT2D eigenvalue weighted by molar-refractivity contribution is 7.92. The fourth-order valence-corrected chi connectivity index (χ4v) is 3.32. The van der Waals surface area contributed by atoms with Crippen LogP contribution in [-0.2, 0) is 23.0 Å². The summed E-state index contributed by atoms with van der Waals surface area (Å²) in [5.41, 5.74) is 3.29. The molecule has 0 saturated heterocycles. The van der Waals surface area contributed by atoms with E-state index < -0.39 is 10.0 Å². The third-order valence-corrected chi connectivity index (χ3v) is 4.65. The molecule has 0 atom stereocenters. The number of benzene rings is 2. The molecule has 0 aliphatic heterocycles. The molecule has 0 aliphatic carbocycles. The summed E-state index contributed by atoms with van der Waals surface area (Å²) in [5, 5.41) is 6.43. The van der Waals surface area contributed by atoms with Gasteiger partial charge in [-0.1, -0.05) is 24.3 Å². The van der Waals surface area contributed by atoms with Crippen LogP contribution in [0.1, 0.15) is 23.6 Å². The summed E-state index contributed by atoms with van der Waals surface area (Å²) in [6.45, 7) is 5.53. The van der Waals surface area contributed by atoms with E-state index >= 15 is 0 Å². The van der Waals surface area contributed by atoms with Crippen molar-refractivity contribution < 1.29 is 12.8 Å². The number of nitrogens with one attached hydrogen (secondary N) is 3. The molecule has 0 aromatic heterocycles. The number of halogens is 1. The quantitative estimate of drug-likeness (QED) is 0.465. The summed E-state index contributed by atoms with van der Waals surface area (Å²) in [6.07, 6.45) is 1.86. The monoisotopic (exact) mass is 406 g/mol. The van der Waals surface area contributed by atoms with Gasteiger partial charge in [-0.25, -0.2) is 17.8 Å². The standard InChI is InChI=1S/C20H27FN4O2S/c1-4-22-20(23-12-11-16-9-10-18(21)13-15(16)2)24-14-17-7-5-6-8-19(17)25-28(3,26)27/h5-10,13,25H,4,11-12,14H2,1-3H3,(H2,22,23,24). The van der Waals surface area contributed by atoms with E-state index in [-0.39, 0.29) is 5.82 Å². The number of guanidine groups is 1. The zero-order valence-corrected chi connectivity index (χ0v) is 17.2. The normalized spacial score (nSPS) is 11.9. The molecule has 28 heavy (non-hydrogen) atoms. The third kappa shape index (κ3) is 7.19. The number of nitrogens with zero attached hydrogens (tertiary/aromatic N) is 1. The first-order valence-corrected chi connectivity index (χ1v) is 11.0. The van der Waals surface area contributed by atoms with Crippen molar-refractivity contribution in [3.05, 3.63) is 65.0 Å². The Morgan fingerprint density at radius 2 is 1.86 bits per heavy atom. The summed E-state index contributed by atoms with van der Waals surface area (Å²) in [6, 6.07) is 12.0. The second kappa shape index (κ2) is 10.1. The second-order valence-corrected chi connectivity index (χ2v) is 8.22. The van der Waals surface area contributed by atoms with Gasteiger partial charge in [0.2, 0.25) is 10.0 Å². The maximum atomic E-state index is 13.2. The van der Waals surface area contributed by atoms with Gasteiger partial charge in [-0.2, -0.15) is 0 Å². The van der Waals surface area contributed by atoms with Crippen LogP contribution in [0.25, 0.3) is 0 Å². The Labute approximate surface area is 166 Å². The van der Waals surface area contributed by atoms with Crippen molar-refractivity contribution in [1.82, 2.24) is 10.6 Å². The van der Waals surface area contributed by atoms with Gasteiger partial charge >= 0.3 is 0 Å². The summed E-state index contributed by atoms with van der Waals surface area (Å²) < 4.78 is 38.8. The Balaban J connectivity index is 2.02. The predicted octanol–water partition coefficient (Wildman–Crippen LogP) is 2.80. The largest absolute Gasteiger partial charge is 0.357 e. The minimum Gasteiger partial charge on any atom is -0.357 e. The molecule has 2 aromatic rings. The van der Waals surface area contributed by atoms with Crippen LogP contribution in [-0.4, -0.2) is 33.7 Å². The number of para-hydroxylation sites is 1. The van der Waals surface area contributed by atoms with E-state index in [1.165, 1.54) is 12.1 Å². The van der Waals surface area contributed by atoms with Crippen molar-refractivity contribution >= 4 is 21.7 Å². The summed E-state index contributed by atoms with van der Waals surface area (Å²) in [7, 11) is -3.36. The molecule has 0 amide bonds. The average molecular weight is 407 g/mol. The topological polar surface area (TPSA) is 82.6 Å². The molecule has 8 heteroatoms. The molecular weight excluding hydrogens is 379 g/mol. The predicted molar refractivity (Wildman–Crippen MR) is 113 cm³/mol. The van der Waals surface area contributed by atoms with Crippen molar-refractivity contribution in [2.24, 2.45) is 4.99 Å². The first kappa shape index (κ1) is 21.7. The van der Waals surface area contributed by atoms with Gasteiger partial charge in [-0.15, -0.1) is 0 Å². The second-order valence-electron chi connectivity index (χ2n) is 6.47. The molecule has 152 valence electrons. The van der Waals surface area contributed by atoms with Crippen molar-refractivity contribution in [2.75, 3.05) is 24.1 Å². The SMILES string of the molecule is CCNC(=NCc1ccccc1NS(C)(=O)=O)NCCc1ccc(F)cc1C. The van der Waals surface area contributed by atoms with Crippen molar-refractivity contribution in [2.45, 2.75) is 26.8 Å². The summed E-state index contributed by atoms with van der Waals surface area (Å²) in [4.78, 5) is 4.54. The average Bonchev–Trinajstić information content (AvgIpc) is 2.61. The van der Waals surface area contributed by atoms with Gasteiger partial charge in [0.25, 0.3) is 0 Å². The smallest absolute Gasteiger partial charge is 0.229 e. The minimum atomic E-state index is -3.36. The molecule has 2 rings (SSSR count). The van der Waals surface area contributed by atoms with Crippen molar-refractivity contribution in [3.63, 3.8) is 0 Å². The zero-order chi connectivity index (χ0) is 20.6. The zero-order valence-electron chi connectivity index (χ0n) is 16.4. The van der Waals surface area contributed by atoms with E-state index in [1.54, 1.807) is 18.2 Å². The molecule has 0 heterocycles. The van der Waals surface area contributed by atoms with Crippen LogP contribution in [0.5, 0.6) is 0 Å². The Kier molecular flexibility index (Phi) is 7.80. The lowest BCUT2D eigenvalue weighted by atomic mass is 10.1. The Morgan fingerprint density at radius 1 is 1.11 bits per heavy atom. The highest BCUT2D eigenvalue weighted by Gasteiger charge is 2.07. The number of rotatable bonds is 8. The van der Waals surface area contributed by atoms with Crippen molar-refractivity contribution in [1.29, 1.82) is 0 Å². The van der Waals surface area contributed by atoms with Crippen molar-refractivity contribution in [3.8, 4) is 0 Å². The molecule has 0 saturated carbocycles. The highest BCUT2D eigenvalue weighted by atomic mass is 32.2. The molecule has 2 aromatic carbocycles. The van der Waals surface area contributed by atoms with Gasteiger partial charge in [-0.05, 0) is 55.2 Å². The van der Waals surface area contributed by atoms with Crippen LogP contribution < -0.4 is 15.4 Å². The van der Waals surface area contributed by atoms with Gasteiger partial charge in [0.1, 0.15) is 5.82 Å². The fraction of sp³-hybridized carbons (Fsp3) is 0.350. The van der Waals surface area contributed by atoms with E-state index in [0.29, 0.717) is 31.3 Å². The number of sulfonamides is 1. The lowest BCUT2D eigenvalue weighted by Gasteiger charge is -2.13. The maximum Gasteiger partial charge on any atom is 0.229 e. The number of anilines is 1.